The van der Waals surface area contributed by atoms with E-state index in [1.807, 2.05) is 30.3 Å². The lowest BCUT2D eigenvalue weighted by molar-refractivity contribution is -0.114. The number of carbonyl (C=O) groups excluding carboxylic acids is 3. The van der Waals surface area contributed by atoms with Crippen molar-refractivity contribution in [3.8, 4) is 0 Å². The molecule has 8 nitrogen and oxygen atoms in total. The number of hydrogen-bond acceptors (Lipinski definition) is 5. The standard InChI is InChI=1S/C28H26N4O4/c1-32(24-12-3-2-4-13-24)28(35)21-9-6-11-23(17-21)31-26(33)19-29-22-10-5-8-20(16-22)27(34)30-18-25-14-7-15-36-25/h2-17,29H,18-19H2,1H3,(H,30,34)(H,31,33). The van der Waals surface area contributed by atoms with Crippen LogP contribution in [0.1, 0.15) is 26.5 Å². The Bertz CT molecular complexity index is 1340. The molecule has 3 aromatic carbocycles. The van der Waals surface area contributed by atoms with Crippen LogP contribution in [0.4, 0.5) is 17.1 Å². The second kappa shape index (κ2) is 11.5. The highest BCUT2D eigenvalue weighted by molar-refractivity contribution is 6.06. The maximum absolute atomic E-state index is 12.9. The number of anilines is 3. The van der Waals surface area contributed by atoms with Crippen LogP contribution in [0.3, 0.4) is 0 Å². The van der Waals surface area contributed by atoms with Crippen LogP contribution in [-0.4, -0.2) is 31.3 Å². The molecule has 0 atom stereocenters. The normalized spacial score (nSPS) is 10.4. The van der Waals surface area contributed by atoms with Crippen molar-refractivity contribution < 1.29 is 18.8 Å². The fraction of sp³-hybridized carbons (Fsp3) is 0.107. The molecule has 0 saturated carbocycles. The number of nitrogens with one attached hydrogen (secondary N) is 3. The van der Waals surface area contributed by atoms with E-state index in [-0.39, 0.29) is 30.8 Å². The number of nitrogens with zero attached hydrogens (tertiary/aromatic N) is 1. The molecule has 1 heterocycles. The molecule has 36 heavy (non-hydrogen) atoms. The van der Waals surface area contributed by atoms with E-state index >= 15 is 0 Å². The van der Waals surface area contributed by atoms with Gasteiger partial charge in [0.1, 0.15) is 5.76 Å². The van der Waals surface area contributed by atoms with Gasteiger partial charge in [-0.25, -0.2) is 0 Å². The van der Waals surface area contributed by atoms with Crippen LogP contribution < -0.4 is 20.9 Å². The molecule has 0 saturated heterocycles. The Balaban J connectivity index is 1.31. The molecule has 3 amide bonds. The first-order valence-electron chi connectivity index (χ1n) is 11.4. The number of amides is 3. The third-order valence-corrected chi connectivity index (χ3v) is 5.42. The van der Waals surface area contributed by atoms with Crippen LogP contribution in [0.25, 0.3) is 0 Å². The van der Waals surface area contributed by atoms with Crippen molar-refractivity contribution >= 4 is 34.8 Å². The molecule has 0 radical (unpaired) electrons. The molecule has 0 aliphatic rings. The minimum absolute atomic E-state index is 0.0143. The molecule has 0 fully saturated rings. The minimum Gasteiger partial charge on any atom is -0.467 e. The summed E-state index contributed by atoms with van der Waals surface area (Å²) in [6.45, 7) is 0.272. The molecule has 8 heteroatoms. The summed E-state index contributed by atoms with van der Waals surface area (Å²) in [7, 11) is 1.71. The number of para-hydroxylation sites is 1. The van der Waals surface area contributed by atoms with Crippen molar-refractivity contribution in [1.29, 1.82) is 0 Å². The maximum atomic E-state index is 12.9. The van der Waals surface area contributed by atoms with Gasteiger partial charge in [-0.05, 0) is 60.7 Å². The average Bonchev–Trinajstić information content (AvgIpc) is 3.44. The third-order valence-electron chi connectivity index (χ3n) is 5.42. The molecular weight excluding hydrogens is 456 g/mol. The third kappa shape index (κ3) is 6.38. The van der Waals surface area contributed by atoms with E-state index in [2.05, 4.69) is 16.0 Å². The summed E-state index contributed by atoms with van der Waals surface area (Å²) in [5.74, 6) is -0.0607. The average molecular weight is 483 g/mol. The summed E-state index contributed by atoms with van der Waals surface area (Å²) >= 11 is 0. The molecule has 0 unspecified atom stereocenters. The van der Waals surface area contributed by atoms with Crippen molar-refractivity contribution in [1.82, 2.24) is 5.32 Å². The van der Waals surface area contributed by atoms with E-state index < -0.39 is 0 Å². The lowest BCUT2D eigenvalue weighted by atomic mass is 10.1. The summed E-state index contributed by atoms with van der Waals surface area (Å²) in [6.07, 6.45) is 1.55. The molecular formula is C28H26N4O4. The van der Waals surface area contributed by atoms with E-state index in [0.29, 0.717) is 28.3 Å². The van der Waals surface area contributed by atoms with Crippen molar-refractivity contribution in [2.24, 2.45) is 0 Å². The molecule has 182 valence electrons. The fourth-order valence-corrected chi connectivity index (χ4v) is 3.53. The number of hydrogen-bond donors (Lipinski definition) is 3. The van der Waals surface area contributed by atoms with Gasteiger partial charge < -0.3 is 25.3 Å². The number of furan rings is 1. The molecule has 0 bridgehead atoms. The highest BCUT2D eigenvalue weighted by Gasteiger charge is 2.14. The first-order valence-corrected chi connectivity index (χ1v) is 11.4. The lowest BCUT2D eigenvalue weighted by Gasteiger charge is -2.17. The van der Waals surface area contributed by atoms with E-state index in [4.69, 9.17) is 4.42 Å². The molecule has 4 rings (SSSR count). The van der Waals surface area contributed by atoms with Crippen LogP contribution in [-0.2, 0) is 11.3 Å². The van der Waals surface area contributed by atoms with Gasteiger partial charge in [-0.3, -0.25) is 14.4 Å². The van der Waals surface area contributed by atoms with Crippen molar-refractivity contribution in [2.75, 3.05) is 29.1 Å². The highest BCUT2D eigenvalue weighted by atomic mass is 16.3. The van der Waals surface area contributed by atoms with Gasteiger partial charge in [0.25, 0.3) is 11.8 Å². The van der Waals surface area contributed by atoms with E-state index in [1.54, 1.807) is 78.9 Å². The van der Waals surface area contributed by atoms with Gasteiger partial charge in [0, 0.05) is 35.2 Å². The first-order chi connectivity index (χ1) is 17.5. The van der Waals surface area contributed by atoms with Gasteiger partial charge in [0.15, 0.2) is 0 Å². The Morgan fingerprint density at radius 2 is 1.53 bits per heavy atom. The second-order valence-corrected chi connectivity index (χ2v) is 8.03. The zero-order valence-electron chi connectivity index (χ0n) is 19.7. The maximum Gasteiger partial charge on any atom is 0.258 e. The summed E-state index contributed by atoms with van der Waals surface area (Å²) in [4.78, 5) is 39.3. The van der Waals surface area contributed by atoms with E-state index in [0.717, 1.165) is 5.69 Å². The van der Waals surface area contributed by atoms with E-state index in [9.17, 15) is 14.4 Å². The number of carbonyl (C=O) groups is 3. The second-order valence-electron chi connectivity index (χ2n) is 8.03. The Labute approximate surface area is 208 Å². The summed E-state index contributed by atoms with van der Waals surface area (Å²) in [6, 6.07) is 26.5. The SMILES string of the molecule is CN(C(=O)c1cccc(NC(=O)CNc2cccc(C(=O)NCc3ccco3)c2)c1)c1ccccc1. The highest BCUT2D eigenvalue weighted by Crippen LogP contribution is 2.18. The Kier molecular flexibility index (Phi) is 7.77. The van der Waals surface area contributed by atoms with Gasteiger partial charge in [-0.15, -0.1) is 0 Å². The van der Waals surface area contributed by atoms with Gasteiger partial charge >= 0.3 is 0 Å². The summed E-state index contributed by atoms with van der Waals surface area (Å²) in [5.41, 5.74) is 2.84. The van der Waals surface area contributed by atoms with Crippen LogP contribution in [0.2, 0.25) is 0 Å². The topological polar surface area (TPSA) is 104 Å². The quantitative estimate of drug-likeness (QED) is 0.325. The van der Waals surface area contributed by atoms with Crippen LogP contribution in [0, 0.1) is 0 Å². The zero-order valence-corrected chi connectivity index (χ0v) is 19.7. The van der Waals surface area contributed by atoms with Crippen molar-refractivity contribution in [2.45, 2.75) is 6.54 Å². The summed E-state index contributed by atoms with van der Waals surface area (Å²) < 4.78 is 5.22. The Morgan fingerprint density at radius 3 is 2.28 bits per heavy atom. The minimum atomic E-state index is -0.288. The van der Waals surface area contributed by atoms with Crippen molar-refractivity contribution in [3.63, 3.8) is 0 Å². The predicted molar refractivity (Wildman–Crippen MR) is 139 cm³/mol. The molecule has 0 aliphatic heterocycles. The lowest BCUT2D eigenvalue weighted by Crippen LogP contribution is -2.26. The number of rotatable bonds is 9. The molecule has 0 aliphatic carbocycles. The van der Waals surface area contributed by atoms with Crippen LogP contribution in [0.5, 0.6) is 0 Å². The predicted octanol–water partition coefficient (Wildman–Crippen LogP) is 4.54. The van der Waals surface area contributed by atoms with Gasteiger partial charge in [-0.2, -0.15) is 0 Å². The molecule has 1 aromatic heterocycles. The largest absolute Gasteiger partial charge is 0.467 e. The smallest absolute Gasteiger partial charge is 0.258 e. The van der Waals surface area contributed by atoms with Crippen molar-refractivity contribution in [3.05, 3.63) is 114 Å². The number of benzene rings is 3. The Hall–Kier alpha value is -4.85. The molecule has 3 N–H and O–H groups in total. The van der Waals surface area contributed by atoms with Gasteiger partial charge in [0.05, 0.1) is 19.4 Å². The monoisotopic (exact) mass is 482 g/mol. The van der Waals surface area contributed by atoms with Crippen LogP contribution >= 0.6 is 0 Å². The van der Waals surface area contributed by atoms with Gasteiger partial charge in [-0.1, -0.05) is 30.3 Å². The van der Waals surface area contributed by atoms with E-state index in [1.165, 1.54) is 0 Å². The molecule has 4 aromatic rings. The fourth-order valence-electron chi connectivity index (χ4n) is 3.53. The Morgan fingerprint density at radius 1 is 0.806 bits per heavy atom. The van der Waals surface area contributed by atoms with Gasteiger partial charge in [0.2, 0.25) is 5.91 Å². The van der Waals surface area contributed by atoms with Crippen LogP contribution in [0.15, 0.2) is 102 Å². The zero-order chi connectivity index (χ0) is 25.3. The first kappa shape index (κ1) is 24.3. The summed E-state index contributed by atoms with van der Waals surface area (Å²) in [5, 5.41) is 8.61. The molecule has 0 spiro atoms.